The molecular formula is C14H9NO. The molecule has 0 saturated carbocycles. The van der Waals surface area contributed by atoms with Gasteiger partial charge in [-0.2, -0.15) is 0 Å². The van der Waals surface area contributed by atoms with E-state index in [-0.39, 0.29) is 5.91 Å². The number of rotatable bonds is 0. The summed E-state index contributed by atoms with van der Waals surface area (Å²) >= 11 is 0. The molecule has 16 heavy (non-hydrogen) atoms. The number of amides is 1. The Balaban J connectivity index is 2.30. The summed E-state index contributed by atoms with van der Waals surface area (Å²) in [6, 6.07) is 15.6. The largest absolute Gasteiger partial charge is 0.325 e. The molecule has 0 spiro atoms. The van der Waals surface area contributed by atoms with Gasteiger partial charge in [-0.25, -0.2) is 0 Å². The van der Waals surface area contributed by atoms with E-state index in [0.717, 1.165) is 22.4 Å². The van der Waals surface area contributed by atoms with Gasteiger partial charge in [0.2, 0.25) is 5.91 Å². The van der Waals surface area contributed by atoms with E-state index >= 15 is 0 Å². The van der Waals surface area contributed by atoms with Crippen LogP contribution in [0, 0.1) is 6.42 Å². The van der Waals surface area contributed by atoms with Gasteiger partial charge in [-0.1, -0.05) is 42.5 Å². The van der Waals surface area contributed by atoms with Crippen molar-refractivity contribution in [2.24, 2.45) is 0 Å². The highest BCUT2D eigenvalue weighted by atomic mass is 16.1. The van der Waals surface area contributed by atoms with Gasteiger partial charge in [0.05, 0.1) is 0 Å². The zero-order valence-corrected chi connectivity index (χ0v) is 8.53. The predicted octanol–water partition coefficient (Wildman–Crippen LogP) is 2.74. The molecule has 0 fully saturated rings. The van der Waals surface area contributed by atoms with Crippen LogP contribution in [0.2, 0.25) is 0 Å². The molecule has 1 heterocycles. The van der Waals surface area contributed by atoms with Crippen molar-refractivity contribution in [2.75, 3.05) is 5.32 Å². The minimum atomic E-state index is -0.197. The van der Waals surface area contributed by atoms with E-state index in [0.29, 0.717) is 0 Å². The van der Waals surface area contributed by atoms with E-state index in [1.165, 1.54) is 0 Å². The molecule has 2 heteroatoms. The molecule has 1 N–H and O–H groups in total. The van der Waals surface area contributed by atoms with Gasteiger partial charge in [0.1, 0.15) is 6.42 Å². The first-order valence-electron chi connectivity index (χ1n) is 5.11. The van der Waals surface area contributed by atoms with Crippen LogP contribution in [-0.4, -0.2) is 5.91 Å². The van der Waals surface area contributed by atoms with Crippen LogP contribution in [0.3, 0.4) is 0 Å². The number of hydrogen-bond acceptors (Lipinski definition) is 1. The second-order valence-electron chi connectivity index (χ2n) is 3.67. The molecule has 0 aliphatic carbocycles. The van der Waals surface area contributed by atoms with Gasteiger partial charge < -0.3 is 5.32 Å². The third-order valence-corrected chi connectivity index (χ3v) is 2.64. The molecule has 0 aromatic heterocycles. The molecular weight excluding hydrogens is 198 g/mol. The van der Waals surface area contributed by atoms with Gasteiger partial charge in [-0.3, -0.25) is 4.79 Å². The van der Waals surface area contributed by atoms with Gasteiger partial charge in [-0.05, 0) is 17.2 Å². The van der Waals surface area contributed by atoms with E-state index in [1.807, 2.05) is 48.5 Å². The van der Waals surface area contributed by atoms with Crippen molar-refractivity contribution < 1.29 is 4.79 Å². The second kappa shape index (κ2) is 3.49. The number of fused-ring (bicyclic) bond motifs is 3. The van der Waals surface area contributed by atoms with Crippen molar-refractivity contribution >= 4 is 11.6 Å². The summed E-state index contributed by atoms with van der Waals surface area (Å²) in [6.07, 6.45) is 2.82. The van der Waals surface area contributed by atoms with Crippen LogP contribution in [0.4, 0.5) is 5.69 Å². The highest BCUT2D eigenvalue weighted by Gasteiger charge is 2.17. The van der Waals surface area contributed by atoms with Crippen LogP contribution in [0.1, 0.15) is 5.56 Å². The lowest BCUT2D eigenvalue weighted by molar-refractivity contribution is -0.112. The normalized spacial score (nSPS) is 13.4. The van der Waals surface area contributed by atoms with Gasteiger partial charge in [0, 0.05) is 11.3 Å². The summed E-state index contributed by atoms with van der Waals surface area (Å²) in [5, 5.41) is 2.82. The van der Waals surface area contributed by atoms with Crippen LogP contribution in [0.15, 0.2) is 48.5 Å². The summed E-state index contributed by atoms with van der Waals surface area (Å²) in [6.45, 7) is 0. The van der Waals surface area contributed by atoms with Gasteiger partial charge >= 0.3 is 0 Å². The Bertz CT molecular complexity index is 511. The molecule has 1 aliphatic rings. The Labute approximate surface area is 93.9 Å². The SMILES string of the molecule is O=C1[C]c2ccccc2-c2ccccc2N1. The molecule has 76 valence electrons. The van der Waals surface area contributed by atoms with Crippen LogP contribution in [0.25, 0.3) is 11.1 Å². The number of para-hydroxylation sites is 1. The average Bonchev–Trinajstić information content (AvgIpc) is 2.44. The lowest BCUT2D eigenvalue weighted by Crippen LogP contribution is -2.10. The van der Waals surface area contributed by atoms with Crippen LogP contribution in [-0.2, 0) is 4.79 Å². The minimum Gasteiger partial charge on any atom is -0.325 e. The van der Waals surface area contributed by atoms with Crippen LogP contribution < -0.4 is 5.32 Å². The Kier molecular flexibility index (Phi) is 2.00. The van der Waals surface area contributed by atoms with Crippen LogP contribution >= 0.6 is 0 Å². The van der Waals surface area contributed by atoms with E-state index in [9.17, 15) is 4.79 Å². The molecule has 0 atom stereocenters. The quantitative estimate of drug-likeness (QED) is 0.707. The Hall–Kier alpha value is -2.09. The molecule has 2 nitrogen and oxygen atoms in total. The zero-order chi connectivity index (χ0) is 11.0. The molecule has 0 bridgehead atoms. The molecule has 3 rings (SSSR count). The molecule has 2 aromatic rings. The topological polar surface area (TPSA) is 29.1 Å². The maximum atomic E-state index is 11.6. The van der Waals surface area contributed by atoms with Crippen molar-refractivity contribution in [1.29, 1.82) is 0 Å². The maximum Gasteiger partial charge on any atom is 0.238 e. The van der Waals surface area contributed by atoms with Crippen molar-refractivity contribution in [2.45, 2.75) is 0 Å². The van der Waals surface area contributed by atoms with E-state index < -0.39 is 0 Å². The highest BCUT2D eigenvalue weighted by molar-refractivity contribution is 6.06. The predicted molar refractivity (Wildman–Crippen MR) is 62.9 cm³/mol. The van der Waals surface area contributed by atoms with Crippen molar-refractivity contribution in [1.82, 2.24) is 0 Å². The van der Waals surface area contributed by atoms with Gasteiger partial charge in [0.15, 0.2) is 0 Å². The third-order valence-electron chi connectivity index (χ3n) is 2.64. The van der Waals surface area contributed by atoms with Gasteiger partial charge in [0.25, 0.3) is 0 Å². The van der Waals surface area contributed by atoms with Crippen molar-refractivity contribution in [3.8, 4) is 11.1 Å². The first-order chi connectivity index (χ1) is 7.84. The van der Waals surface area contributed by atoms with E-state index in [4.69, 9.17) is 0 Å². The summed E-state index contributed by atoms with van der Waals surface area (Å²) in [5.41, 5.74) is 3.75. The van der Waals surface area contributed by atoms with Crippen molar-refractivity contribution in [3.05, 3.63) is 60.5 Å². The summed E-state index contributed by atoms with van der Waals surface area (Å²) in [5.74, 6) is -0.197. The summed E-state index contributed by atoms with van der Waals surface area (Å²) in [7, 11) is 0. The molecule has 0 unspecified atom stereocenters. The number of carbonyl (C=O) groups is 1. The van der Waals surface area contributed by atoms with E-state index in [2.05, 4.69) is 11.7 Å². The summed E-state index contributed by atoms with van der Waals surface area (Å²) < 4.78 is 0. The number of anilines is 1. The monoisotopic (exact) mass is 207 g/mol. The maximum absolute atomic E-state index is 11.6. The Morgan fingerprint density at radius 1 is 0.875 bits per heavy atom. The highest BCUT2D eigenvalue weighted by Crippen LogP contribution is 2.33. The number of hydrogen-bond donors (Lipinski definition) is 1. The lowest BCUT2D eigenvalue weighted by Gasteiger charge is -2.07. The number of carbonyl (C=O) groups excluding carboxylic acids is 1. The van der Waals surface area contributed by atoms with Crippen molar-refractivity contribution in [3.63, 3.8) is 0 Å². The first kappa shape index (κ1) is 9.16. The Morgan fingerprint density at radius 2 is 1.56 bits per heavy atom. The third kappa shape index (κ3) is 1.39. The van der Waals surface area contributed by atoms with Crippen LogP contribution in [0.5, 0.6) is 0 Å². The zero-order valence-electron chi connectivity index (χ0n) is 8.53. The molecule has 0 saturated heterocycles. The fraction of sp³-hybridized carbons (Fsp3) is 0. The molecule has 2 radical (unpaired) electrons. The fourth-order valence-electron chi connectivity index (χ4n) is 1.93. The average molecular weight is 207 g/mol. The fourth-order valence-corrected chi connectivity index (χ4v) is 1.93. The molecule has 2 aromatic carbocycles. The van der Waals surface area contributed by atoms with Gasteiger partial charge in [-0.15, -0.1) is 0 Å². The molecule has 1 aliphatic heterocycles. The first-order valence-corrected chi connectivity index (χ1v) is 5.11. The Morgan fingerprint density at radius 3 is 2.44 bits per heavy atom. The minimum absolute atomic E-state index is 0.197. The number of nitrogens with one attached hydrogen (secondary N) is 1. The second-order valence-corrected chi connectivity index (χ2v) is 3.67. The number of benzene rings is 2. The van der Waals surface area contributed by atoms with E-state index in [1.54, 1.807) is 0 Å². The smallest absolute Gasteiger partial charge is 0.238 e. The standard InChI is InChI=1S/C14H9NO/c16-14-9-10-5-1-2-6-11(10)12-7-3-4-8-13(12)15-14/h1-8H,(H,15,16). The lowest BCUT2D eigenvalue weighted by atomic mass is 9.98. The summed E-state index contributed by atoms with van der Waals surface area (Å²) in [4.78, 5) is 11.6. The molecule has 1 amide bonds.